The van der Waals surface area contributed by atoms with Crippen LogP contribution in [0.2, 0.25) is 0 Å². The van der Waals surface area contributed by atoms with E-state index in [-0.39, 0.29) is 13.3 Å². The highest BCUT2D eigenvalue weighted by Crippen LogP contribution is 2.06. The topological polar surface area (TPSA) is 73.9 Å². The summed E-state index contributed by atoms with van der Waals surface area (Å²) in [4.78, 5) is 0. The Morgan fingerprint density at radius 2 is 1.65 bits per heavy atom. The molecule has 0 fully saturated rings. The van der Waals surface area contributed by atoms with E-state index in [2.05, 4.69) is 0 Å². The van der Waals surface area contributed by atoms with Crippen molar-refractivity contribution in [1.29, 1.82) is 0 Å². The van der Waals surface area contributed by atoms with Crippen LogP contribution in [0.1, 0.15) is 6.92 Å². The van der Waals surface area contributed by atoms with Crippen LogP contribution in [-0.4, -0.2) is 41.5 Å². The molecule has 1 rings (SSSR count). The second-order valence-corrected chi connectivity index (χ2v) is 5.75. The van der Waals surface area contributed by atoms with E-state index in [0.29, 0.717) is 0 Å². The van der Waals surface area contributed by atoms with Crippen molar-refractivity contribution in [2.24, 2.45) is 5.73 Å². The van der Waals surface area contributed by atoms with Gasteiger partial charge in [0.1, 0.15) is 0 Å². The molecule has 0 aromatic heterocycles. The predicted octanol–water partition coefficient (Wildman–Crippen LogP) is 0.0567. The molecule has 0 aliphatic carbocycles. The summed E-state index contributed by atoms with van der Waals surface area (Å²) >= 11 is 0. The standard InChI is InChI=1S/C9H15NO3Si.C2H6O/c1-11-14(12-2,13-8-10)9-6-4-3-5-7-9;1-2-3/h3-7H,8,10H2,1-2H3;3H,2H2,1H3. The number of benzene rings is 1. The fraction of sp³-hybridized carbons (Fsp3) is 0.455. The Bertz CT molecular complexity index is 280. The first kappa shape index (κ1) is 16.2. The van der Waals surface area contributed by atoms with Gasteiger partial charge in [0.05, 0.1) is 6.73 Å². The first-order valence-electron chi connectivity index (χ1n) is 5.31. The molecule has 1 aromatic carbocycles. The summed E-state index contributed by atoms with van der Waals surface area (Å²) in [6.45, 7) is 2.02. The lowest BCUT2D eigenvalue weighted by Crippen LogP contribution is -2.56. The predicted molar refractivity (Wildman–Crippen MR) is 68.7 cm³/mol. The van der Waals surface area contributed by atoms with Gasteiger partial charge in [-0.2, -0.15) is 0 Å². The molecule has 0 bridgehead atoms. The van der Waals surface area contributed by atoms with Crippen LogP contribution in [-0.2, 0) is 13.3 Å². The Hall–Kier alpha value is -0.763. The van der Waals surface area contributed by atoms with E-state index in [4.69, 9.17) is 24.1 Å². The van der Waals surface area contributed by atoms with Gasteiger partial charge in [0.25, 0.3) is 0 Å². The van der Waals surface area contributed by atoms with Crippen molar-refractivity contribution in [3.05, 3.63) is 30.3 Å². The van der Waals surface area contributed by atoms with E-state index in [0.717, 1.165) is 5.19 Å². The fourth-order valence-electron chi connectivity index (χ4n) is 1.27. The average molecular weight is 259 g/mol. The van der Waals surface area contributed by atoms with Crippen molar-refractivity contribution in [3.8, 4) is 0 Å². The number of rotatable bonds is 5. The zero-order valence-electron chi connectivity index (χ0n) is 10.6. The molecule has 6 heteroatoms. The summed E-state index contributed by atoms with van der Waals surface area (Å²) < 4.78 is 16.0. The van der Waals surface area contributed by atoms with Gasteiger partial charge >= 0.3 is 8.80 Å². The van der Waals surface area contributed by atoms with Gasteiger partial charge in [0, 0.05) is 26.0 Å². The second kappa shape index (κ2) is 9.29. The normalized spacial score (nSPS) is 10.6. The molecule has 98 valence electrons. The van der Waals surface area contributed by atoms with Gasteiger partial charge in [0.15, 0.2) is 0 Å². The van der Waals surface area contributed by atoms with Crippen molar-refractivity contribution in [1.82, 2.24) is 0 Å². The first-order valence-corrected chi connectivity index (χ1v) is 7.03. The highest BCUT2D eigenvalue weighted by Gasteiger charge is 2.41. The summed E-state index contributed by atoms with van der Waals surface area (Å²) in [6.07, 6.45) is 0. The zero-order chi connectivity index (χ0) is 13.1. The quantitative estimate of drug-likeness (QED) is 0.578. The molecule has 0 atom stereocenters. The first-order chi connectivity index (χ1) is 8.20. The molecule has 0 unspecified atom stereocenters. The molecule has 1 aromatic rings. The van der Waals surface area contributed by atoms with Gasteiger partial charge in [-0.05, 0) is 6.92 Å². The molecular formula is C11H21NO4Si. The molecule has 0 spiro atoms. The average Bonchev–Trinajstić information content (AvgIpc) is 2.38. The van der Waals surface area contributed by atoms with E-state index in [9.17, 15) is 0 Å². The van der Waals surface area contributed by atoms with Crippen molar-refractivity contribution in [2.75, 3.05) is 27.6 Å². The molecule has 3 N–H and O–H groups in total. The maximum atomic E-state index is 7.57. The summed E-state index contributed by atoms with van der Waals surface area (Å²) in [5.74, 6) is 0. The molecule has 17 heavy (non-hydrogen) atoms. The smallest absolute Gasteiger partial charge is 0.397 e. The van der Waals surface area contributed by atoms with Crippen molar-refractivity contribution in [3.63, 3.8) is 0 Å². The monoisotopic (exact) mass is 259 g/mol. The van der Waals surface area contributed by atoms with Crippen LogP contribution < -0.4 is 10.9 Å². The molecule has 0 radical (unpaired) electrons. The van der Waals surface area contributed by atoms with Gasteiger partial charge in [-0.1, -0.05) is 30.3 Å². The van der Waals surface area contributed by atoms with Crippen LogP contribution in [0.5, 0.6) is 0 Å². The number of nitrogens with two attached hydrogens (primary N) is 1. The lowest BCUT2D eigenvalue weighted by atomic mass is 10.4. The van der Waals surface area contributed by atoms with Crippen molar-refractivity contribution >= 4 is 14.0 Å². The van der Waals surface area contributed by atoms with Crippen LogP contribution in [0, 0.1) is 0 Å². The third-order valence-corrected chi connectivity index (χ3v) is 4.60. The van der Waals surface area contributed by atoms with E-state index in [1.54, 1.807) is 21.1 Å². The van der Waals surface area contributed by atoms with Gasteiger partial charge in [0.2, 0.25) is 0 Å². The summed E-state index contributed by atoms with van der Waals surface area (Å²) in [5.41, 5.74) is 5.36. The number of hydrogen-bond donors (Lipinski definition) is 2. The molecule has 5 nitrogen and oxygen atoms in total. The molecule has 0 aliphatic heterocycles. The van der Waals surface area contributed by atoms with E-state index >= 15 is 0 Å². The Morgan fingerprint density at radius 3 is 2.00 bits per heavy atom. The molecule has 0 heterocycles. The van der Waals surface area contributed by atoms with Gasteiger partial charge in [-0.25, -0.2) is 0 Å². The van der Waals surface area contributed by atoms with Crippen molar-refractivity contribution in [2.45, 2.75) is 6.92 Å². The van der Waals surface area contributed by atoms with Crippen LogP contribution >= 0.6 is 0 Å². The maximum absolute atomic E-state index is 7.57. The fourth-order valence-corrected chi connectivity index (χ4v) is 3.13. The Balaban J connectivity index is 0.000000770. The maximum Gasteiger partial charge on any atom is 0.537 e. The second-order valence-electron chi connectivity index (χ2n) is 2.96. The molecule has 0 saturated heterocycles. The van der Waals surface area contributed by atoms with E-state index < -0.39 is 8.80 Å². The zero-order valence-corrected chi connectivity index (χ0v) is 11.6. The van der Waals surface area contributed by atoms with Gasteiger partial charge in [-0.15, -0.1) is 0 Å². The van der Waals surface area contributed by atoms with Crippen LogP contribution in [0.3, 0.4) is 0 Å². The minimum absolute atomic E-state index is 0.0861. The molecule has 0 saturated carbocycles. The summed E-state index contributed by atoms with van der Waals surface area (Å²) in [6, 6.07) is 9.57. The number of aliphatic hydroxyl groups excluding tert-OH is 1. The van der Waals surface area contributed by atoms with Gasteiger partial charge in [-0.3, -0.25) is 0 Å². The largest absolute Gasteiger partial charge is 0.537 e. The molecule has 0 amide bonds. The van der Waals surface area contributed by atoms with Crippen LogP contribution in [0.25, 0.3) is 0 Å². The molecular weight excluding hydrogens is 238 g/mol. The summed E-state index contributed by atoms with van der Waals surface area (Å²) in [5, 5.41) is 8.48. The Morgan fingerprint density at radius 1 is 1.18 bits per heavy atom. The minimum Gasteiger partial charge on any atom is -0.397 e. The lowest BCUT2D eigenvalue weighted by molar-refractivity contribution is 0.117. The SMILES string of the molecule is CCO.CO[Si](OC)(OCN)c1ccccc1. The van der Waals surface area contributed by atoms with Gasteiger partial charge < -0.3 is 24.1 Å². The lowest BCUT2D eigenvalue weighted by Gasteiger charge is -2.25. The third-order valence-electron chi connectivity index (χ3n) is 1.94. The summed E-state index contributed by atoms with van der Waals surface area (Å²) in [7, 11) is 0.391. The number of hydrogen-bond acceptors (Lipinski definition) is 5. The van der Waals surface area contributed by atoms with Crippen LogP contribution in [0.15, 0.2) is 30.3 Å². The highest BCUT2D eigenvalue weighted by molar-refractivity contribution is 6.75. The van der Waals surface area contributed by atoms with Crippen molar-refractivity contribution < 1.29 is 18.4 Å². The van der Waals surface area contributed by atoms with E-state index in [1.165, 1.54) is 0 Å². The molecule has 0 aliphatic rings. The minimum atomic E-state index is -2.74. The highest BCUT2D eigenvalue weighted by atomic mass is 28.4. The van der Waals surface area contributed by atoms with E-state index in [1.807, 2.05) is 30.3 Å². The Labute approximate surface area is 103 Å². The van der Waals surface area contributed by atoms with Crippen LogP contribution in [0.4, 0.5) is 0 Å². The number of aliphatic hydroxyl groups is 1. The Kier molecular flexibility index (Phi) is 8.87. The third kappa shape index (κ3) is 4.94.